The minimum Gasteiger partial charge on any atom is -0.388 e. The van der Waals surface area contributed by atoms with Crippen molar-refractivity contribution in [2.45, 2.75) is 25.2 Å². The molecule has 1 aromatic rings. The number of hydrogen-bond acceptors (Lipinski definition) is 2. The van der Waals surface area contributed by atoms with Gasteiger partial charge in [0.05, 0.1) is 5.84 Å². The van der Waals surface area contributed by atoms with E-state index >= 15 is 0 Å². The minimum absolute atomic E-state index is 0.309. The highest BCUT2D eigenvalue weighted by Gasteiger charge is 2.22. The highest BCUT2D eigenvalue weighted by molar-refractivity contribution is 5.76. The van der Waals surface area contributed by atoms with Gasteiger partial charge in [0.25, 0.3) is 0 Å². The van der Waals surface area contributed by atoms with Crippen LogP contribution < -0.4 is 5.73 Å². The van der Waals surface area contributed by atoms with E-state index in [0.717, 1.165) is 25.9 Å². The van der Waals surface area contributed by atoms with Gasteiger partial charge in [-0.25, -0.2) is 0 Å². The maximum absolute atomic E-state index is 7.20. The molecule has 0 amide bonds. The van der Waals surface area contributed by atoms with Crippen molar-refractivity contribution in [3.63, 3.8) is 0 Å². The predicted octanol–water partition coefficient (Wildman–Crippen LogP) is 2.19. The highest BCUT2D eigenvalue weighted by atomic mass is 15.1. The van der Waals surface area contributed by atoms with Gasteiger partial charge in [0.2, 0.25) is 0 Å². The Hall–Kier alpha value is -1.35. The number of nitrogens with one attached hydrogen (secondary N) is 1. The molecule has 0 saturated carbocycles. The normalized spacial score (nSPS) is 20.6. The van der Waals surface area contributed by atoms with E-state index in [9.17, 15) is 0 Å². The molecule has 0 bridgehead atoms. The fourth-order valence-electron chi connectivity index (χ4n) is 2.53. The van der Waals surface area contributed by atoms with Crippen molar-refractivity contribution in [3.05, 3.63) is 35.9 Å². The smallest absolute Gasteiger partial charge is 0.0905 e. The van der Waals surface area contributed by atoms with Crippen LogP contribution in [0.3, 0.4) is 0 Å². The molecule has 3 heteroatoms. The van der Waals surface area contributed by atoms with E-state index in [1.165, 1.54) is 18.5 Å². The van der Waals surface area contributed by atoms with Crippen LogP contribution in [0.15, 0.2) is 30.3 Å². The largest absolute Gasteiger partial charge is 0.388 e. The number of likely N-dealkylation sites (tertiary alicyclic amines) is 1. The molecule has 17 heavy (non-hydrogen) atoms. The van der Waals surface area contributed by atoms with Crippen LogP contribution in [0.5, 0.6) is 0 Å². The van der Waals surface area contributed by atoms with Gasteiger partial charge < -0.3 is 10.6 Å². The van der Waals surface area contributed by atoms with Crippen LogP contribution in [0.4, 0.5) is 0 Å². The molecule has 1 saturated heterocycles. The highest BCUT2D eigenvalue weighted by Crippen LogP contribution is 2.26. The molecule has 1 fully saturated rings. The fourth-order valence-corrected chi connectivity index (χ4v) is 2.53. The Morgan fingerprint density at radius 3 is 2.82 bits per heavy atom. The number of nitrogens with zero attached hydrogens (tertiary/aromatic N) is 1. The third kappa shape index (κ3) is 3.56. The summed E-state index contributed by atoms with van der Waals surface area (Å²) in [4.78, 5) is 2.49. The van der Waals surface area contributed by atoms with Gasteiger partial charge in [-0.15, -0.1) is 0 Å². The van der Waals surface area contributed by atoms with Crippen molar-refractivity contribution in [1.82, 2.24) is 4.90 Å². The third-order valence-corrected chi connectivity index (χ3v) is 3.46. The molecule has 0 aromatic heterocycles. The lowest BCUT2D eigenvalue weighted by Gasteiger charge is -2.15. The van der Waals surface area contributed by atoms with Crippen LogP contribution in [-0.4, -0.2) is 30.4 Å². The van der Waals surface area contributed by atoms with Crippen LogP contribution in [0.2, 0.25) is 0 Å². The van der Waals surface area contributed by atoms with E-state index in [1.807, 2.05) is 0 Å². The van der Waals surface area contributed by atoms with Gasteiger partial charge in [-0.05, 0) is 37.4 Å². The number of rotatable bonds is 5. The van der Waals surface area contributed by atoms with Crippen molar-refractivity contribution < 1.29 is 0 Å². The standard InChI is InChI=1S/C14H21N3/c15-14(16)7-4-9-17-10-8-13(11-17)12-5-2-1-3-6-12/h1-3,5-6,13H,4,7-11H2,(H3,15,16). The average Bonchev–Trinajstić information content (AvgIpc) is 2.78. The molecule has 0 radical (unpaired) electrons. The van der Waals surface area contributed by atoms with E-state index < -0.39 is 0 Å². The first kappa shape index (κ1) is 12.1. The zero-order valence-corrected chi connectivity index (χ0v) is 10.2. The molecule has 1 aliphatic rings. The number of nitrogens with two attached hydrogens (primary N) is 1. The Morgan fingerprint density at radius 1 is 1.35 bits per heavy atom. The molecule has 2 rings (SSSR count). The van der Waals surface area contributed by atoms with Gasteiger partial charge in [0.1, 0.15) is 0 Å². The molecule has 1 aliphatic heterocycles. The average molecular weight is 231 g/mol. The van der Waals surface area contributed by atoms with Crippen molar-refractivity contribution in [1.29, 1.82) is 5.41 Å². The van der Waals surface area contributed by atoms with E-state index in [0.29, 0.717) is 11.8 Å². The second-order valence-corrected chi connectivity index (χ2v) is 4.83. The summed E-state index contributed by atoms with van der Waals surface area (Å²) in [6, 6.07) is 10.8. The predicted molar refractivity (Wildman–Crippen MR) is 71.4 cm³/mol. The first-order chi connectivity index (χ1) is 8.25. The van der Waals surface area contributed by atoms with E-state index in [2.05, 4.69) is 35.2 Å². The van der Waals surface area contributed by atoms with Crippen molar-refractivity contribution in [3.8, 4) is 0 Å². The van der Waals surface area contributed by atoms with Crippen LogP contribution in [-0.2, 0) is 0 Å². The number of benzene rings is 1. The van der Waals surface area contributed by atoms with Crippen molar-refractivity contribution in [2.75, 3.05) is 19.6 Å². The SMILES string of the molecule is N=C(N)CCCN1CCC(c2ccccc2)C1. The zero-order valence-electron chi connectivity index (χ0n) is 10.2. The Morgan fingerprint density at radius 2 is 2.12 bits per heavy atom. The van der Waals surface area contributed by atoms with Crippen LogP contribution in [0.1, 0.15) is 30.7 Å². The molecule has 3 nitrogen and oxygen atoms in total. The summed E-state index contributed by atoms with van der Waals surface area (Å²) in [7, 11) is 0. The molecule has 1 aromatic carbocycles. The number of hydrogen-bond donors (Lipinski definition) is 2. The monoisotopic (exact) mass is 231 g/mol. The first-order valence-corrected chi connectivity index (χ1v) is 6.36. The van der Waals surface area contributed by atoms with Crippen LogP contribution in [0.25, 0.3) is 0 Å². The molecular weight excluding hydrogens is 210 g/mol. The lowest BCUT2D eigenvalue weighted by Crippen LogP contribution is -2.23. The molecule has 0 aliphatic carbocycles. The van der Waals surface area contributed by atoms with Gasteiger partial charge in [-0.1, -0.05) is 30.3 Å². The molecule has 1 heterocycles. The second-order valence-electron chi connectivity index (χ2n) is 4.83. The summed E-state index contributed by atoms with van der Waals surface area (Å²) in [6.45, 7) is 3.41. The second kappa shape index (κ2) is 5.82. The summed E-state index contributed by atoms with van der Waals surface area (Å²) >= 11 is 0. The van der Waals surface area contributed by atoms with Gasteiger partial charge in [-0.2, -0.15) is 0 Å². The lowest BCUT2D eigenvalue weighted by atomic mass is 9.99. The van der Waals surface area contributed by atoms with Gasteiger partial charge in [-0.3, -0.25) is 5.41 Å². The quantitative estimate of drug-likeness (QED) is 0.603. The third-order valence-electron chi connectivity index (χ3n) is 3.46. The molecule has 1 unspecified atom stereocenters. The van der Waals surface area contributed by atoms with Gasteiger partial charge in [0, 0.05) is 13.0 Å². The van der Waals surface area contributed by atoms with E-state index in [-0.39, 0.29) is 0 Å². The summed E-state index contributed by atoms with van der Waals surface area (Å²) in [5.41, 5.74) is 6.82. The maximum Gasteiger partial charge on any atom is 0.0905 e. The minimum atomic E-state index is 0.309. The van der Waals surface area contributed by atoms with E-state index in [1.54, 1.807) is 0 Å². The summed E-state index contributed by atoms with van der Waals surface area (Å²) < 4.78 is 0. The van der Waals surface area contributed by atoms with Crippen molar-refractivity contribution >= 4 is 5.84 Å². The molecular formula is C14H21N3. The van der Waals surface area contributed by atoms with Gasteiger partial charge in [0.15, 0.2) is 0 Å². The Kier molecular flexibility index (Phi) is 4.15. The topological polar surface area (TPSA) is 53.1 Å². The summed E-state index contributed by atoms with van der Waals surface area (Å²) in [5, 5.41) is 7.20. The maximum atomic E-state index is 7.20. The first-order valence-electron chi connectivity index (χ1n) is 6.36. The molecule has 1 atom stereocenters. The molecule has 92 valence electrons. The van der Waals surface area contributed by atoms with E-state index in [4.69, 9.17) is 11.1 Å². The summed E-state index contributed by atoms with van der Waals surface area (Å²) in [5.74, 6) is 0.998. The van der Waals surface area contributed by atoms with Crippen molar-refractivity contribution in [2.24, 2.45) is 5.73 Å². The molecule has 3 N–H and O–H groups in total. The lowest BCUT2D eigenvalue weighted by molar-refractivity contribution is 0.331. The summed E-state index contributed by atoms with van der Waals surface area (Å²) in [6.07, 6.45) is 2.99. The Labute approximate surface area is 103 Å². The Balaban J connectivity index is 1.78. The zero-order chi connectivity index (χ0) is 12.1. The fraction of sp³-hybridized carbons (Fsp3) is 0.500. The van der Waals surface area contributed by atoms with Gasteiger partial charge >= 0.3 is 0 Å². The Bertz CT molecular complexity index is 361. The van der Waals surface area contributed by atoms with Crippen LogP contribution >= 0.6 is 0 Å². The molecule has 0 spiro atoms. The van der Waals surface area contributed by atoms with Crippen LogP contribution in [0, 0.1) is 5.41 Å². The number of amidine groups is 1.